The van der Waals surface area contributed by atoms with E-state index in [4.69, 9.17) is 11.6 Å². The van der Waals surface area contributed by atoms with Crippen LogP contribution in [-0.2, 0) is 4.79 Å². The third-order valence-electron chi connectivity index (χ3n) is 9.55. The Morgan fingerprint density at radius 3 is 2.65 bits per heavy atom. The number of nitrogens with zero attached hydrogens (tertiary/aromatic N) is 1. The molecule has 1 heterocycles. The molecule has 0 saturated heterocycles. The highest BCUT2D eigenvalue weighted by Gasteiger charge is 2.60. The summed E-state index contributed by atoms with van der Waals surface area (Å²) in [4.78, 5) is 27.2. The molecule has 4 aliphatic rings. The molecule has 1 aromatic rings. The molecular weight excluding hydrogens is 408 g/mol. The predicted octanol–water partition coefficient (Wildman–Crippen LogP) is 5.08. The van der Waals surface area contributed by atoms with Crippen molar-refractivity contribution in [3.05, 3.63) is 47.0 Å². The minimum atomic E-state index is -0.0504. The first-order chi connectivity index (χ1) is 14.8. The molecule has 31 heavy (non-hydrogen) atoms. The lowest BCUT2D eigenvalue weighted by Crippen LogP contribution is -2.60. The maximum Gasteiger partial charge on any atom is 0.253 e. The van der Waals surface area contributed by atoms with Gasteiger partial charge in [0.1, 0.15) is 0 Å². The zero-order valence-electron chi connectivity index (χ0n) is 18.7. The highest BCUT2D eigenvalue weighted by atomic mass is 35.5. The monoisotopic (exact) mass is 440 g/mol. The second-order valence-corrected chi connectivity index (χ2v) is 11.2. The van der Waals surface area contributed by atoms with E-state index >= 15 is 0 Å². The molecule has 1 aromatic carbocycles. The van der Waals surface area contributed by atoms with E-state index in [0.717, 1.165) is 25.7 Å². The molecule has 0 spiro atoms. The molecule has 5 heteroatoms. The first-order valence-electron chi connectivity index (χ1n) is 11.8. The Hall–Kier alpha value is -1.81. The van der Waals surface area contributed by atoms with Crippen molar-refractivity contribution in [3.63, 3.8) is 0 Å². The van der Waals surface area contributed by atoms with Crippen molar-refractivity contribution in [1.29, 1.82) is 0 Å². The summed E-state index contributed by atoms with van der Waals surface area (Å²) in [6.07, 6.45) is 10.8. The van der Waals surface area contributed by atoms with Crippen molar-refractivity contribution in [1.82, 2.24) is 10.2 Å². The van der Waals surface area contributed by atoms with Gasteiger partial charge in [0, 0.05) is 24.5 Å². The van der Waals surface area contributed by atoms with Gasteiger partial charge in [0.25, 0.3) is 5.91 Å². The number of carbonyl (C=O) groups excluding carboxylic acids is 2. The van der Waals surface area contributed by atoms with E-state index in [9.17, 15) is 9.59 Å². The fourth-order valence-corrected chi connectivity index (χ4v) is 8.08. The normalized spacial score (nSPS) is 41.4. The van der Waals surface area contributed by atoms with Gasteiger partial charge in [-0.3, -0.25) is 9.59 Å². The van der Waals surface area contributed by atoms with Gasteiger partial charge in [0.2, 0.25) is 5.91 Å². The number of likely N-dealkylation sites (N-methyl/N-ethyl adjacent to an activating group) is 1. The van der Waals surface area contributed by atoms with Gasteiger partial charge in [-0.15, -0.1) is 0 Å². The Morgan fingerprint density at radius 2 is 1.87 bits per heavy atom. The number of carbonyl (C=O) groups is 2. The highest BCUT2D eigenvalue weighted by Crippen LogP contribution is 2.63. The molecule has 2 amide bonds. The number of hydrogen-bond donors (Lipinski definition) is 1. The van der Waals surface area contributed by atoms with Gasteiger partial charge in [-0.05, 0) is 79.9 Å². The number of amides is 2. The van der Waals surface area contributed by atoms with Crippen molar-refractivity contribution in [2.45, 2.75) is 64.5 Å². The van der Waals surface area contributed by atoms with Crippen LogP contribution < -0.4 is 5.32 Å². The zero-order chi connectivity index (χ0) is 22.0. The molecule has 0 bridgehead atoms. The van der Waals surface area contributed by atoms with Crippen LogP contribution in [0, 0.1) is 28.6 Å². The van der Waals surface area contributed by atoms with Crippen molar-refractivity contribution >= 4 is 23.4 Å². The number of hydrogen-bond acceptors (Lipinski definition) is 2. The second-order valence-electron chi connectivity index (χ2n) is 10.7. The lowest BCUT2D eigenvalue weighted by Gasteiger charge is -2.60. The van der Waals surface area contributed by atoms with Crippen LogP contribution in [-0.4, -0.2) is 35.8 Å². The number of halogens is 1. The van der Waals surface area contributed by atoms with Gasteiger partial charge in [-0.2, -0.15) is 0 Å². The maximum absolute atomic E-state index is 13.0. The summed E-state index contributed by atoms with van der Waals surface area (Å²) in [5.74, 6) is 1.98. The molecular formula is C26H33ClN2O2. The van der Waals surface area contributed by atoms with Crippen LogP contribution in [0.15, 0.2) is 36.4 Å². The van der Waals surface area contributed by atoms with Gasteiger partial charge < -0.3 is 10.2 Å². The van der Waals surface area contributed by atoms with Crippen LogP contribution in [0.1, 0.15) is 62.7 Å². The van der Waals surface area contributed by atoms with Gasteiger partial charge in [0.15, 0.2) is 0 Å². The highest BCUT2D eigenvalue weighted by molar-refractivity contribution is 6.33. The van der Waals surface area contributed by atoms with E-state index in [1.54, 1.807) is 18.2 Å². The summed E-state index contributed by atoms with van der Waals surface area (Å²) in [5.41, 5.74) is 0.755. The summed E-state index contributed by atoms with van der Waals surface area (Å²) in [6.45, 7) is 4.78. The Bertz CT molecular complexity index is 945. The Morgan fingerprint density at radius 1 is 1.10 bits per heavy atom. The van der Waals surface area contributed by atoms with Crippen molar-refractivity contribution in [3.8, 4) is 0 Å². The molecule has 3 aliphatic carbocycles. The fraction of sp³-hybridized carbons (Fsp3) is 0.615. The van der Waals surface area contributed by atoms with Gasteiger partial charge in [-0.1, -0.05) is 43.7 Å². The summed E-state index contributed by atoms with van der Waals surface area (Å²) in [6, 6.07) is 7.81. The molecule has 1 N–H and O–H groups in total. The maximum atomic E-state index is 13.0. The van der Waals surface area contributed by atoms with Crippen LogP contribution >= 0.6 is 11.6 Å². The molecule has 2 unspecified atom stereocenters. The van der Waals surface area contributed by atoms with E-state index in [-0.39, 0.29) is 28.7 Å². The van der Waals surface area contributed by atoms with E-state index in [1.165, 1.54) is 12.8 Å². The van der Waals surface area contributed by atoms with Crippen LogP contribution in [0.5, 0.6) is 0 Å². The standard InChI is InChI=1S/C26H33ClN2O2/c1-25-14-12-19-16(8-11-22-26(19,2)15-13-23(30)29(22)3)18(25)9-10-21(25)28-24(31)17-6-4-5-7-20(17)27/h4-7,13,15-16,18-19,21-22H,8-12,14H2,1-3H3,(H,28,31)/t16-,18-,19+,21?,22?,25-,26+/m0/s1. The zero-order valence-corrected chi connectivity index (χ0v) is 19.5. The van der Waals surface area contributed by atoms with E-state index in [2.05, 4.69) is 25.2 Å². The van der Waals surface area contributed by atoms with Gasteiger partial charge in [0.05, 0.1) is 10.6 Å². The molecule has 0 aromatic heterocycles. The second kappa shape index (κ2) is 7.37. The molecule has 166 valence electrons. The Kier molecular flexibility index (Phi) is 5.00. The fourth-order valence-electron chi connectivity index (χ4n) is 7.86. The predicted molar refractivity (Wildman–Crippen MR) is 123 cm³/mol. The first kappa shape index (κ1) is 21.1. The van der Waals surface area contributed by atoms with Crippen LogP contribution in [0.25, 0.3) is 0 Å². The SMILES string of the molecule is CN1C(=O)C=C[C@@]2(C)C1CC[C@@H]1[C@H]2CC[C@]2(C)C(NC(=O)c3ccccc3Cl)CC[C@@H]12. The quantitative estimate of drug-likeness (QED) is 0.697. The lowest BCUT2D eigenvalue weighted by molar-refractivity contribution is -0.138. The van der Waals surface area contributed by atoms with E-state index in [0.29, 0.717) is 34.4 Å². The van der Waals surface area contributed by atoms with Gasteiger partial charge in [-0.25, -0.2) is 0 Å². The molecule has 4 nitrogen and oxygen atoms in total. The number of rotatable bonds is 2. The minimum Gasteiger partial charge on any atom is -0.349 e. The summed E-state index contributed by atoms with van der Waals surface area (Å²) in [5, 5.41) is 3.87. The van der Waals surface area contributed by atoms with Crippen LogP contribution in [0.4, 0.5) is 0 Å². The summed E-state index contributed by atoms with van der Waals surface area (Å²) in [7, 11) is 1.97. The minimum absolute atomic E-state index is 0.0504. The van der Waals surface area contributed by atoms with Gasteiger partial charge >= 0.3 is 0 Å². The average Bonchev–Trinajstić information content (AvgIpc) is 3.07. The Balaban J connectivity index is 1.37. The first-order valence-corrected chi connectivity index (χ1v) is 12.1. The number of benzene rings is 1. The summed E-state index contributed by atoms with van der Waals surface area (Å²) >= 11 is 6.27. The molecule has 5 rings (SSSR count). The number of nitrogens with one attached hydrogen (secondary N) is 1. The third kappa shape index (κ3) is 3.08. The number of fused-ring (bicyclic) bond motifs is 5. The molecule has 3 saturated carbocycles. The Labute approximate surface area is 190 Å². The molecule has 0 radical (unpaired) electrons. The van der Waals surface area contributed by atoms with Crippen LogP contribution in [0.3, 0.4) is 0 Å². The van der Waals surface area contributed by atoms with E-state index in [1.807, 2.05) is 24.1 Å². The molecule has 1 aliphatic heterocycles. The van der Waals surface area contributed by atoms with Crippen molar-refractivity contribution in [2.24, 2.45) is 28.6 Å². The van der Waals surface area contributed by atoms with Crippen LogP contribution in [0.2, 0.25) is 5.02 Å². The smallest absolute Gasteiger partial charge is 0.253 e. The summed E-state index contributed by atoms with van der Waals surface area (Å²) < 4.78 is 0. The molecule has 3 fully saturated rings. The van der Waals surface area contributed by atoms with Crippen molar-refractivity contribution < 1.29 is 9.59 Å². The average molecular weight is 441 g/mol. The van der Waals surface area contributed by atoms with E-state index < -0.39 is 0 Å². The van der Waals surface area contributed by atoms with Crippen molar-refractivity contribution in [2.75, 3.05) is 7.05 Å². The topological polar surface area (TPSA) is 49.4 Å². The lowest BCUT2D eigenvalue weighted by atomic mass is 9.48. The largest absolute Gasteiger partial charge is 0.349 e. The molecule has 7 atom stereocenters. The third-order valence-corrected chi connectivity index (χ3v) is 9.88.